The van der Waals surface area contributed by atoms with Crippen molar-refractivity contribution >= 4 is 17.1 Å². The highest BCUT2D eigenvalue weighted by Crippen LogP contribution is 2.67. The summed E-state index contributed by atoms with van der Waals surface area (Å²) in [4.78, 5) is 2.53. The van der Waals surface area contributed by atoms with Crippen LogP contribution in [-0.2, 0) is 16.2 Å². The molecule has 0 atom stereocenters. The van der Waals surface area contributed by atoms with Gasteiger partial charge in [0.1, 0.15) is 23.0 Å². The van der Waals surface area contributed by atoms with Crippen LogP contribution in [0.4, 0.5) is 17.1 Å². The van der Waals surface area contributed by atoms with Crippen LogP contribution in [0.15, 0.2) is 297 Å². The van der Waals surface area contributed by atoms with Gasteiger partial charge in [0.2, 0.25) is 0 Å². The van der Waals surface area contributed by atoms with Crippen LogP contribution in [0.25, 0.3) is 55.6 Å². The van der Waals surface area contributed by atoms with Crippen LogP contribution in [0.2, 0.25) is 0 Å². The van der Waals surface area contributed by atoms with Gasteiger partial charge >= 0.3 is 0 Å². The Morgan fingerprint density at radius 1 is 0.202 bits per heavy atom. The Labute approximate surface area is 487 Å². The highest BCUT2D eigenvalue weighted by atomic mass is 16.5. The molecule has 0 N–H and O–H groups in total. The number of ether oxygens (including phenoxy) is 2. The van der Waals surface area contributed by atoms with Crippen molar-refractivity contribution in [3.05, 3.63) is 364 Å². The van der Waals surface area contributed by atoms with Gasteiger partial charge in [0.05, 0.1) is 16.2 Å². The fourth-order valence-corrected chi connectivity index (χ4v) is 16.6. The van der Waals surface area contributed by atoms with Crippen molar-refractivity contribution < 1.29 is 9.47 Å². The SMILES string of the molecule is c1cc(-c2cccc3c2-c2ccccc2C32c3ccccc3Oc3ccccc32)cc(N(c2ccc3c(c2)C2(c4ccccc4Oc4ccccc42)c2ccccc2-3)c2ccc3c(c2)C2(c4ccccc4-c4ccccc42)c2ccccc2-3)c1. The highest BCUT2D eigenvalue weighted by Gasteiger charge is 2.55. The normalized spacial score (nSPS) is 14.9. The zero-order valence-corrected chi connectivity index (χ0v) is 45.6. The van der Waals surface area contributed by atoms with E-state index < -0.39 is 16.2 Å². The van der Waals surface area contributed by atoms with Gasteiger partial charge in [-0.2, -0.15) is 0 Å². The molecular formula is C81H49NO2. The van der Waals surface area contributed by atoms with Crippen molar-refractivity contribution in [3.8, 4) is 78.6 Å². The molecule has 0 aromatic heterocycles. The lowest BCUT2D eigenvalue weighted by Gasteiger charge is -2.39. The number of benzene rings is 13. The lowest BCUT2D eigenvalue weighted by atomic mass is 9.66. The van der Waals surface area contributed by atoms with Gasteiger partial charge < -0.3 is 14.4 Å². The largest absolute Gasteiger partial charge is 0.457 e. The number of para-hydroxylation sites is 4. The van der Waals surface area contributed by atoms with E-state index in [9.17, 15) is 0 Å². The van der Waals surface area contributed by atoms with Crippen LogP contribution in [0.1, 0.15) is 66.8 Å². The summed E-state index contributed by atoms with van der Waals surface area (Å²) in [6, 6.07) is 111. The van der Waals surface area contributed by atoms with Gasteiger partial charge in [-0.05, 0) is 161 Å². The van der Waals surface area contributed by atoms with Crippen LogP contribution in [0.5, 0.6) is 23.0 Å². The Bertz CT molecular complexity index is 4870. The molecule has 0 saturated carbocycles. The quantitative estimate of drug-likeness (QED) is 0.175. The molecule has 3 heteroatoms. The molecule has 13 aromatic rings. The van der Waals surface area contributed by atoms with Crippen molar-refractivity contribution in [2.75, 3.05) is 4.90 Å². The Morgan fingerprint density at radius 2 is 0.500 bits per heavy atom. The van der Waals surface area contributed by atoms with E-state index in [0.717, 1.165) is 67.9 Å². The molecule has 0 bridgehead atoms. The first-order chi connectivity index (χ1) is 41.7. The van der Waals surface area contributed by atoms with Gasteiger partial charge in [-0.3, -0.25) is 0 Å². The Morgan fingerprint density at radius 3 is 0.940 bits per heavy atom. The van der Waals surface area contributed by atoms with Crippen LogP contribution in [0.3, 0.4) is 0 Å². The molecule has 390 valence electrons. The molecule has 84 heavy (non-hydrogen) atoms. The highest BCUT2D eigenvalue weighted by molar-refractivity contribution is 6.00. The van der Waals surface area contributed by atoms with Gasteiger partial charge in [-0.25, -0.2) is 0 Å². The van der Waals surface area contributed by atoms with Crippen LogP contribution >= 0.6 is 0 Å². The van der Waals surface area contributed by atoms with E-state index in [1.165, 1.54) is 94.6 Å². The van der Waals surface area contributed by atoms with Crippen molar-refractivity contribution in [2.24, 2.45) is 0 Å². The topological polar surface area (TPSA) is 21.7 Å². The summed E-state index contributed by atoms with van der Waals surface area (Å²) < 4.78 is 13.6. The summed E-state index contributed by atoms with van der Waals surface area (Å²) in [7, 11) is 0. The van der Waals surface area contributed by atoms with Crippen molar-refractivity contribution in [1.82, 2.24) is 0 Å². The minimum atomic E-state index is -0.656. The van der Waals surface area contributed by atoms with Gasteiger partial charge in [-0.15, -0.1) is 0 Å². The molecule has 0 amide bonds. The van der Waals surface area contributed by atoms with Crippen molar-refractivity contribution in [2.45, 2.75) is 16.2 Å². The third-order valence-corrected chi connectivity index (χ3v) is 19.6. The summed E-state index contributed by atoms with van der Waals surface area (Å²) in [5.41, 5.74) is 28.7. The molecule has 4 aliphatic carbocycles. The molecule has 0 unspecified atom stereocenters. The lowest BCUT2D eigenvalue weighted by Crippen LogP contribution is -2.32. The van der Waals surface area contributed by atoms with Gasteiger partial charge in [0.25, 0.3) is 0 Å². The molecule has 0 saturated heterocycles. The monoisotopic (exact) mass is 1070 g/mol. The summed E-state index contributed by atoms with van der Waals surface area (Å²) in [6.45, 7) is 0. The number of hydrogen-bond acceptors (Lipinski definition) is 3. The predicted molar refractivity (Wildman–Crippen MR) is 338 cm³/mol. The summed E-state index contributed by atoms with van der Waals surface area (Å²) in [5, 5.41) is 0. The first-order valence-electron chi connectivity index (χ1n) is 29.2. The molecule has 19 rings (SSSR count). The average molecular weight is 1070 g/mol. The number of hydrogen-bond donors (Lipinski definition) is 0. The maximum Gasteiger partial charge on any atom is 0.132 e. The first-order valence-corrected chi connectivity index (χ1v) is 29.2. The summed E-state index contributed by atoms with van der Waals surface area (Å²) in [6.07, 6.45) is 0. The number of nitrogens with zero attached hydrogens (tertiary/aromatic N) is 1. The summed E-state index contributed by atoms with van der Waals surface area (Å²) >= 11 is 0. The number of anilines is 3. The zero-order chi connectivity index (χ0) is 54.9. The zero-order valence-electron chi connectivity index (χ0n) is 45.6. The van der Waals surface area contributed by atoms with Gasteiger partial charge in [-0.1, -0.05) is 237 Å². The van der Waals surface area contributed by atoms with E-state index in [1.54, 1.807) is 0 Å². The van der Waals surface area contributed by atoms with Gasteiger partial charge in [0, 0.05) is 39.3 Å². The van der Waals surface area contributed by atoms with E-state index in [-0.39, 0.29) is 0 Å². The van der Waals surface area contributed by atoms with E-state index >= 15 is 0 Å². The molecule has 2 aliphatic heterocycles. The van der Waals surface area contributed by atoms with E-state index in [2.05, 4.69) is 302 Å². The van der Waals surface area contributed by atoms with Crippen molar-refractivity contribution in [3.63, 3.8) is 0 Å². The minimum Gasteiger partial charge on any atom is -0.457 e. The molecule has 13 aromatic carbocycles. The van der Waals surface area contributed by atoms with Crippen LogP contribution in [-0.4, -0.2) is 0 Å². The smallest absolute Gasteiger partial charge is 0.132 e. The fraction of sp³-hybridized carbons (Fsp3) is 0.0370. The summed E-state index contributed by atoms with van der Waals surface area (Å²) in [5.74, 6) is 3.53. The fourth-order valence-electron chi connectivity index (χ4n) is 16.6. The second-order valence-corrected chi connectivity index (χ2v) is 23.2. The first kappa shape index (κ1) is 45.9. The number of rotatable bonds is 4. The Balaban J connectivity index is 0.874. The Hall–Kier alpha value is -10.7. The average Bonchev–Trinajstić information content (AvgIpc) is 3.17. The lowest BCUT2D eigenvalue weighted by molar-refractivity contribution is 0.436. The van der Waals surface area contributed by atoms with Crippen LogP contribution in [0, 0.1) is 0 Å². The second-order valence-electron chi connectivity index (χ2n) is 23.2. The second kappa shape index (κ2) is 16.7. The third-order valence-electron chi connectivity index (χ3n) is 19.6. The van der Waals surface area contributed by atoms with Crippen molar-refractivity contribution in [1.29, 1.82) is 0 Å². The Kier molecular flexibility index (Phi) is 9.13. The van der Waals surface area contributed by atoms with Gasteiger partial charge in [0.15, 0.2) is 0 Å². The molecule has 6 aliphatic rings. The van der Waals surface area contributed by atoms with Crippen LogP contribution < -0.4 is 14.4 Å². The third kappa shape index (κ3) is 5.62. The number of fused-ring (bicyclic) bond motifs is 28. The molecule has 0 radical (unpaired) electrons. The predicted octanol–water partition coefficient (Wildman–Crippen LogP) is 20.1. The molecule has 3 spiro atoms. The standard InChI is InChI=1S/C81H49NO2/c1-6-29-62-55(23-1)56-24-2-7-30-63(56)79(62)64-31-8-3-25-57(64)59-45-43-52(48-72(59)79)82(53-44-46-60-58-26-4-9-32-65(58)81(73(60)49-53)69-36-13-17-41-76(69)84-77-42-18-14-37-70(77)81)51-22-19-21-50(47-51)54-28-20-38-71-78(54)61-27-5-10-33-66(61)80(71)67-34-11-15-39-74(67)83-75-40-16-12-35-68(75)80/h1-49H. The minimum absolute atomic E-state index is 0.531. The maximum absolute atomic E-state index is 6.84. The van der Waals surface area contributed by atoms with E-state index in [1.807, 2.05) is 0 Å². The van der Waals surface area contributed by atoms with E-state index in [4.69, 9.17) is 9.47 Å². The molecule has 2 heterocycles. The molecule has 3 nitrogen and oxygen atoms in total. The van der Waals surface area contributed by atoms with E-state index in [0.29, 0.717) is 0 Å². The molecular weight excluding hydrogens is 1020 g/mol. The maximum atomic E-state index is 6.84. The molecule has 0 fully saturated rings.